The lowest BCUT2D eigenvalue weighted by Crippen LogP contribution is -2.29. The summed E-state index contributed by atoms with van der Waals surface area (Å²) >= 11 is 0. The standard InChI is InChI=1S/C15H20N4O/c1-19(2)13-6-4-5-11(7-13)15(18-16)12-8-14(20-3)10-17-9-12/h4-10,15,18H,16H2,1-3H3. The number of pyridine rings is 1. The summed E-state index contributed by atoms with van der Waals surface area (Å²) in [6.07, 6.45) is 3.46. The first-order chi connectivity index (χ1) is 9.65. The second kappa shape index (κ2) is 6.36. The maximum Gasteiger partial charge on any atom is 0.137 e. The Labute approximate surface area is 119 Å². The maximum atomic E-state index is 5.72. The summed E-state index contributed by atoms with van der Waals surface area (Å²) in [5, 5.41) is 0. The van der Waals surface area contributed by atoms with Crippen molar-refractivity contribution in [3.63, 3.8) is 0 Å². The average Bonchev–Trinajstić information content (AvgIpc) is 2.48. The van der Waals surface area contributed by atoms with Crippen molar-refractivity contribution < 1.29 is 4.74 Å². The number of hydrogen-bond donors (Lipinski definition) is 2. The van der Waals surface area contributed by atoms with Gasteiger partial charge in [-0.1, -0.05) is 12.1 Å². The molecule has 2 rings (SSSR count). The Morgan fingerprint density at radius 1 is 1.20 bits per heavy atom. The first-order valence-electron chi connectivity index (χ1n) is 6.38. The number of nitrogens with one attached hydrogen (secondary N) is 1. The highest BCUT2D eigenvalue weighted by atomic mass is 16.5. The van der Waals surface area contributed by atoms with Gasteiger partial charge < -0.3 is 9.64 Å². The summed E-state index contributed by atoms with van der Waals surface area (Å²) < 4.78 is 5.21. The fourth-order valence-corrected chi connectivity index (χ4v) is 2.07. The lowest BCUT2D eigenvalue weighted by Gasteiger charge is -2.20. The van der Waals surface area contributed by atoms with Crippen molar-refractivity contribution in [1.29, 1.82) is 0 Å². The molecule has 1 atom stereocenters. The minimum Gasteiger partial charge on any atom is -0.495 e. The second-order valence-corrected chi connectivity index (χ2v) is 4.75. The van der Waals surface area contributed by atoms with Crippen molar-refractivity contribution in [3.8, 4) is 5.75 Å². The van der Waals surface area contributed by atoms with Crippen LogP contribution >= 0.6 is 0 Å². The van der Waals surface area contributed by atoms with Gasteiger partial charge in [-0.25, -0.2) is 5.43 Å². The monoisotopic (exact) mass is 272 g/mol. The average molecular weight is 272 g/mol. The predicted octanol–water partition coefficient (Wildman–Crippen LogP) is 1.71. The van der Waals surface area contributed by atoms with Gasteiger partial charge in [0.05, 0.1) is 19.3 Å². The third-order valence-corrected chi connectivity index (χ3v) is 3.19. The van der Waals surface area contributed by atoms with Gasteiger partial charge in [0, 0.05) is 26.0 Å². The first kappa shape index (κ1) is 14.3. The van der Waals surface area contributed by atoms with Crippen molar-refractivity contribution in [2.24, 2.45) is 5.84 Å². The van der Waals surface area contributed by atoms with Crippen molar-refractivity contribution >= 4 is 5.69 Å². The number of anilines is 1. The van der Waals surface area contributed by atoms with E-state index < -0.39 is 0 Å². The minimum atomic E-state index is -0.127. The summed E-state index contributed by atoms with van der Waals surface area (Å²) in [7, 11) is 5.65. The number of methoxy groups -OCH3 is 1. The van der Waals surface area contributed by atoms with Crippen molar-refractivity contribution in [2.75, 3.05) is 26.1 Å². The third kappa shape index (κ3) is 3.07. The van der Waals surface area contributed by atoms with Gasteiger partial charge in [0.15, 0.2) is 0 Å². The number of hydrogen-bond acceptors (Lipinski definition) is 5. The number of nitrogens with two attached hydrogens (primary N) is 1. The molecule has 1 aromatic carbocycles. The molecule has 0 aliphatic rings. The zero-order chi connectivity index (χ0) is 14.5. The van der Waals surface area contributed by atoms with Crippen LogP contribution in [0.2, 0.25) is 0 Å². The lowest BCUT2D eigenvalue weighted by molar-refractivity contribution is 0.411. The molecule has 5 nitrogen and oxygen atoms in total. The van der Waals surface area contributed by atoms with Crippen LogP contribution in [0.3, 0.4) is 0 Å². The molecule has 0 bridgehead atoms. The molecule has 0 spiro atoms. The van der Waals surface area contributed by atoms with Crippen LogP contribution in [-0.2, 0) is 0 Å². The fourth-order valence-electron chi connectivity index (χ4n) is 2.07. The molecule has 0 aliphatic heterocycles. The van der Waals surface area contributed by atoms with E-state index in [0.29, 0.717) is 5.75 Å². The number of aromatic nitrogens is 1. The summed E-state index contributed by atoms with van der Waals surface area (Å²) in [5.41, 5.74) is 6.00. The van der Waals surface area contributed by atoms with E-state index in [1.807, 2.05) is 32.3 Å². The normalized spacial score (nSPS) is 12.0. The number of nitrogens with zero attached hydrogens (tertiary/aromatic N) is 2. The van der Waals surface area contributed by atoms with Crippen LogP contribution in [-0.4, -0.2) is 26.2 Å². The SMILES string of the molecule is COc1cncc(C(NN)c2cccc(N(C)C)c2)c1. The minimum absolute atomic E-state index is 0.127. The molecule has 1 heterocycles. The van der Waals surface area contributed by atoms with Crippen LogP contribution < -0.4 is 20.9 Å². The van der Waals surface area contributed by atoms with Crippen LogP contribution in [0.15, 0.2) is 42.7 Å². The molecule has 0 saturated carbocycles. The molecule has 0 amide bonds. The lowest BCUT2D eigenvalue weighted by atomic mass is 10.00. The second-order valence-electron chi connectivity index (χ2n) is 4.75. The molecular formula is C15H20N4O. The molecule has 0 fully saturated rings. The summed E-state index contributed by atoms with van der Waals surface area (Å²) in [5.74, 6) is 6.44. The van der Waals surface area contributed by atoms with Crippen molar-refractivity contribution in [1.82, 2.24) is 10.4 Å². The van der Waals surface area contributed by atoms with Gasteiger partial charge in [-0.3, -0.25) is 10.8 Å². The number of benzene rings is 1. The quantitative estimate of drug-likeness (QED) is 0.641. The van der Waals surface area contributed by atoms with Crippen molar-refractivity contribution in [2.45, 2.75) is 6.04 Å². The molecule has 0 radical (unpaired) electrons. The predicted molar refractivity (Wildman–Crippen MR) is 80.7 cm³/mol. The maximum absolute atomic E-state index is 5.72. The molecule has 2 aromatic rings. The third-order valence-electron chi connectivity index (χ3n) is 3.19. The molecular weight excluding hydrogens is 252 g/mol. The number of ether oxygens (including phenoxy) is 1. The molecule has 0 saturated heterocycles. The largest absolute Gasteiger partial charge is 0.495 e. The van der Waals surface area contributed by atoms with Gasteiger partial charge in [-0.15, -0.1) is 0 Å². The highest BCUT2D eigenvalue weighted by Crippen LogP contribution is 2.26. The van der Waals surface area contributed by atoms with E-state index in [2.05, 4.69) is 27.4 Å². The van der Waals surface area contributed by atoms with Gasteiger partial charge in [0.1, 0.15) is 5.75 Å². The highest BCUT2D eigenvalue weighted by Gasteiger charge is 2.14. The summed E-state index contributed by atoms with van der Waals surface area (Å²) in [6, 6.07) is 10.0. The van der Waals surface area contributed by atoms with E-state index in [4.69, 9.17) is 10.6 Å². The molecule has 0 aliphatic carbocycles. The van der Waals surface area contributed by atoms with Gasteiger partial charge in [-0.2, -0.15) is 0 Å². The van der Waals surface area contributed by atoms with Crippen LogP contribution in [0.1, 0.15) is 17.2 Å². The Morgan fingerprint density at radius 3 is 2.65 bits per heavy atom. The molecule has 106 valence electrons. The van der Waals surface area contributed by atoms with E-state index in [1.54, 1.807) is 19.5 Å². The zero-order valence-electron chi connectivity index (χ0n) is 12.0. The van der Waals surface area contributed by atoms with Crippen LogP contribution in [0.25, 0.3) is 0 Å². The Kier molecular flexibility index (Phi) is 4.55. The Morgan fingerprint density at radius 2 is 2.00 bits per heavy atom. The Hall–Kier alpha value is -2.11. The topological polar surface area (TPSA) is 63.4 Å². The fraction of sp³-hybridized carbons (Fsp3) is 0.267. The van der Waals surface area contributed by atoms with Gasteiger partial charge in [0.25, 0.3) is 0 Å². The molecule has 20 heavy (non-hydrogen) atoms. The van der Waals surface area contributed by atoms with Crippen LogP contribution in [0, 0.1) is 0 Å². The Bertz CT molecular complexity index is 571. The smallest absolute Gasteiger partial charge is 0.137 e. The number of rotatable bonds is 5. The summed E-state index contributed by atoms with van der Waals surface area (Å²) in [6.45, 7) is 0. The van der Waals surface area contributed by atoms with E-state index in [0.717, 1.165) is 16.8 Å². The van der Waals surface area contributed by atoms with E-state index in [9.17, 15) is 0 Å². The summed E-state index contributed by atoms with van der Waals surface area (Å²) in [4.78, 5) is 6.23. The van der Waals surface area contributed by atoms with Crippen LogP contribution in [0.4, 0.5) is 5.69 Å². The van der Waals surface area contributed by atoms with E-state index in [1.165, 1.54) is 0 Å². The van der Waals surface area contributed by atoms with Gasteiger partial charge >= 0.3 is 0 Å². The highest BCUT2D eigenvalue weighted by molar-refractivity contribution is 5.49. The van der Waals surface area contributed by atoms with Gasteiger partial charge in [0.2, 0.25) is 0 Å². The zero-order valence-corrected chi connectivity index (χ0v) is 12.0. The van der Waals surface area contributed by atoms with Crippen molar-refractivity contribution in [3.05, 3.63) is 53.9 Å². The van der Waals surface area contributed by atoms with E-state index >= 15 is 0 Å². The Balaban J connectivity index is 2.38. The van der Waals surface area contributed by atoms with E-state index in [-0.39, 0.29) is 6.04 Å². The molecule has 1 aromatic heterocycles. The molecule has 3 N–H and O–H groups in total. The van der Waals surface area contributed by atoms with Gasteiger partial charge in [-0.05, 0) is 29.3 Å². The molecule has 1 unspecified atom stereocenters. The number of hydrazine groups is 1. The molecule has 5 heteroatoms. The van der Waals surface area contributed by atoms with Crippen LogP contribution in [0.5, 0.6) is 5.75 Å². The first-order valence-corrected chi connectivity index (χ1v) is 6.38.